The summed E-state index contributed by atoms with van der Waals surface area (Å²) in [6, 6.07) is 16.8. The van der Waals surface area contributed by atoms with Gasteiger partial charge in [-0.15, -0.1) is 10.2 Å². The number of amides is 1. The maximum atomic E-state index is 12.6. The molecule has 1 aromatic heterocycles. The lowest BCUT2D eigenvalue weighted by molar-refractivity contribution is -0.125. The number of nitrogens with zero attached hydrogens (tertiary/aromatic N) is 3. The molecule has 0 aliphatic carbocycles. The number of rotatable bonds is 12. The fraction of sp³-hybridized carbons (Fsp3) is 0.360. The largest absolute Gasteiger partial charge is 0.497 e. The lowest BCUT2D eigenvalue weighted by Gasteiger charge is -2.16. The maximum absolute atomic E-state index is 12.6. The third kappa shape index (κ3) is 6.92. The molecule has 33 heavy (non-hydrogen) atoms. The van der Waals surface area contributed by atoms with E-state index in [0.29, 0.717) is 11.6 Å². The number of carbonyl (C=O) groups excluding carboxylic acids is 2. The maximum Gasteiger partial charge on any atom is 0.231 e. The minimum atomic E-state index is -0.548. The van der Waals surface area contributed by atoms with Crippen LogP contribution >= 0.6 is 11.8 Å². The molecule has 0 saturated heterocycles. The minimum absolute atomic E-state index is 0.0647. The standard InChI is InChI=1S/C25H30N4O3S/c1-4-5-15-29-24(20-11-13-21(32-3)14-12-20)27-28-25(29)33-17-23(31)26-22(18(2)30)16-19-9-7-6-8-10-19/h6-14,22H,4-5,15-17H2,1-3H3,(H,26,31). The van der Waals surface area contributed by atoms with E-state index in [1.165, 1.54) is 18.7 Å². The summed E-state index contributed by atoms with van der Waals surface area (Å²) >= 11 is 1.33. The van der Waals surface area contributed by atoms with E-state index in [9.17, 15) is 9.59 Å². The van der Waals surface area contributed by atoms with Gasteiger partial charge in [0.25, 0.3) is 0 Å². The Hall–Kier alpha value is -3.13. The van der Waals surface area contributed by atoms with Crippen LogP contribution in [0.5, 0.6) is 5.75 Å². The van der Waals surface area contributed by atoms with Crippen LogP contribution in [-0.4, -0.2) is 45.4 Å². The number of methoxy groups -OCH3 is 1. The van der Waals surface area contributed by atoms with Crippen LogP contribution in [0.15, 0.2) is 59.8 Å². The summed E-state index contributed by atoms with van der Waals surface area (Å²) in [5, 5.41) is 12.3. The molecular formula is C25H30N4O3S. The molecule has 7 nitrogen and oxygen atoms in total. The second-order valence-electron chi connectivity index (χ2n) is 7.75. The minimum Gasteiger partial charge on any atom is -0.497 e. The summed E-state index contributed by atoms with van der Waals surface area (Å²) in [4.78, 5) is 24.7. The van der Waals surface area contributed by atoms with Crippen LogP contribution in [0.3, 0.4) is 0 Å². The van der Waals surface area contributed by atoms with Gasteiger partial charge in [0.1, 0.15) is 5.75 Å². The Morgan fingerprint density at radius 1 is 1.09 bits per heavy atom. The molecule has 174 valence electrons. The van der Waals surface area contributed by atoms with Gasteiger partial charge in [0.05, 0.1) is 18.9 Å². The predicted octanol–water partition coefficient (Wildman–Crippen LogP) is 4.16. The fourth-order valence-electron chi connectivity index (χ4n) is 3.38. The zero-order valence-electron chi connectivity index (χ0n) is 19.3. The topological polar surface area (TPSA) is 86.1 Å². The van der Waals surface area contributed by atoms with Crippen LogP contribution in [0, 0.1) is 0 Å². The van der Waals surface area contributed by atoms with Crippen LogP contribution < -0.4 is 10.1 Å². The zero-order valence-corrected chi connectivity index (χ0v) is 20.1. The number of carbonyl (C=O) groups is 2. The Bertz CT molecular complexity index is 1050. The second-order valence-corrected chi connectivity index (χ2v) is 8.69. The number of thioether (sulfide) groups is 1. The predicted molar refractivity (Wildman–Crippen MR) is 130 cm³/mol. The molecule has 3 rings (SSSR count). The highest BCUT2D eigenvalue weighted by Crippen LogP contribution is 2.26. The van der Waals surface area contributed by atoms with Gasteiger partial charge in [-0.1, -0.05) is 55.4 Å². The van der Waals surface area contributed by atoms with Crippen molar-refractivity contribution >= 4 is 23.5 Å². The molecule has 0 aliphatic heterocycles. The van der Waals surface area contributed by atoms with Gasteiger partial charge in [0.2, 0.25) is 5.91 Å². The molecule has 8 heteroatoms. The summed E-state index contributed by atoms with van der Waals surface area (Å²) in [6.07, 6.45) is 2.48. The average Bonchev–Trinajstić information content (AvgIpc) is 3.24. The fourth-order valence-corrected chi connectivity index (χ4v) is 4.15. The highest BCUT2D eigenvalue weighted by Gasteiger charge is 2.20. The van der Waals surface area contributed by atoms with Gasteiger partial charge in [-0.3, -0.25) is 9.59 Å². The first-order valence-electron chi connectivity index (χ1n) is 11.1. The normalized spacial score (nSPS) is 11.7. The number of ether oxygens (including phenoxy) is 1. The molecule has 3 aromatic rings. The number of Topliss-reactive ketones (excluding diaryl/α,β-unsaturated/α-hetero) is 1. The van der Waals surface area contributed by atoms with Crippen molar-refractivity contribution in [3.63, 3.8) is 0 Å². The first-order valence-corrected chi connectivity index (χ1v) is 12.0. The van der Waals surface area contributed by atoms with Gasteiger partial charge in [-0.05, 0) is 49.6 Å². The molecule has 0 saturated carbocycles. The van der Waals surface area contributed by atoms with E-state index >= 15 is 0 Å². The third-order valence-electron chi connectivity index (χ3n) is 5.24. The second kappa shape index (κ2) is 12.2. The van der Waals surface area contributed by atoms with Crippen molar-refractivity contribution in [2.75, 3.05) is 12.9 Å². The van der Waals surface area contributed by atoms with E-state index in [1.807, 2.05) is 54.6 Å². The van der Waals surface area contributed by atoms with Crippen LogP contribution in [0.2, 0.25) is 0 Å². The quantitative estimate of drug-likeness (QED) is 0.403. The van der Waals surface area contributed by atoms with Gasteiger partial charge in [-0.25, -0.2) is 0 Å². The average molecular weight is 467 g/mol. The van der Waals surface area contributed by atoms with Crippen LogP contribution in [0.4, 0.5) is 0 Å². The Morgan fingerprint density at radius 3 is 2.45 bits per heavy atom. The molecule has 1 atom stereocenters. The van der Waals surface area contributed by atoms with E-state index in [4.69, 9.17) is 4.74 Å². The molecule has 0 bridgehead atoms. The monoisotopic (exact) mass is 466 g/mol. The molecule has 1 amide bonds. The molecule has 1 unspecified atom stereocenters. The number of hydrogen-bond donors (Lipinski definition) is 1. The first-order chi connectivity index (χ1) is 16.0. The van der Waals surface area contributed by atoms with E-state index in [0.717, 1.165) is 42.1 Å². The number of ketones is 1. The van der Waals surface area contributed by atoms with Crippen molar-refractivity contribution in [3.8, 4) is 17.1 Å². The van der Waals surface area contributed by atoms with E-state index < -0.39 is 6.04 Å². The number of nitrogens with one attached hydrogen (secondary N) is 1. The highest BCUT2D eigenvalue weighted by atomic mass is 32.2. The van der Waals surface area contributed by atoms with E-state index in [-0.39, 0.29) is 17.4 Å². The summed E-state index contributed by atoms with van der Waals surface area (Å²) < 4.78 is 7.29. The molecule has 0 aliphatic rings. The summed E-state index contributed by atoms with van der Waals surface area (Å²) in [6.45, 7) is 4.40. The molecule has 2 aromatic carbocycles. The Labute approximate surface area is 198 Å². The van der Waals surface area contributed by atoms with Gasteiger partial charge in [0, 0.05) is 12.1 Å². The van der Waals surface area contributed by atoms with E-state index in [1.54, 1.807) is 7.11 Å². The van der Waals surface area contributed by atoms with Gasteiger partial charge >= 0.3 is 0 Å². The van der Waals surface area contributed by atoms with Crippen molar-refractivity contribution in [3.05, 3.63) is 60.2 Å². The van der Waals surface area contributed by atoms with Crippen molar-refractivity contribution in [1.82, 2.24) is 20.1 Å². The molecule has 0 fully saturated rings. The Kier molecular flexibility index (Phi) is 9.06. The summed E-state index contributed by atoms with van der Waals surface area (Å²) in [5.41, 5.74) is 1.95. The first kappa shape index (κ1) is 24.5. The molecule has 1 N–H and O–H groups in total. The lowest BCUT2D eigenvalue weighted by atomic mass is 10.0. The third-order valence-corrected chi connectivity index (χ3v) is 6.21. The van der Waals surface area contributed by atoms with Crippen molar-refractivity contribution in [2.45, 2.75) is 50.9 Å². The van der Waals surface area contributed by atoms with Crippen molar-refractivity contribution in [2.24, 2.45) is 0 Å². The van der Waals surface area contributed by atoms with Crippen LogP contribution in [0.1, 0.15) is 32.3 Å². The van der Waals surface area contributed by atoms with Crippen LogP contribution in [-0.2, 0) is 22.6 Å². The van der Waals surface area contributed by atoms with Gasteiger partial charge < -0.3 is 14.6 Å². The van der Waals surface area contributed by atoms with Crippen molar-refractivity contribution < 1.29 is 14.3 Å². The molecule has 1 heterocycles. The number of hydrogen-bond acceptors (Lipinski definition) is 6. The summed E-state index contributed by atoms with van der Waals surface area (Å²) in [5.74, 6) is 1.43. The van der Waals surface area contributed by atoms with Crippen LogP contribution in [0.25, 0.3) is 11.4 Å². The molecule has 0 radical (unpaired) electrons. The summed E-state index contributed by atoms with van der Waals surface area (Å²) in [7, 11) is 1.63. The highest BCUT2D eigenvalue weighted by molar-refractivity contribution is 7.99. The van der Waals surface area contributed by atoms with E-state index in [2.05, 4.69) is 27.0 Å². The smallest absolute Gasteiger partial charge is 0.231 e. The molecular weight excluding hydrogens is 436 g/mol. The number of benzene rings is 2. The Balaban J connectivity index is 1.68. The number of unbranched alkanes of at least 4 members (excludes halogenated alkanes) is 1. The number of aromatic nitrogens is 3. The zero-order chi connectivity index (χ0) is 23.6. The Morgan fingerprint density at radius 2 is 1.82 bits per heavy atom. The lowest BCUT2D eigenvalue weighted by Crippen LogP contribution is -2.42. The van der Waals surface area contributed by atoms with Gasteiger partial charge in [0.15, 0.2) is 16.8 Å². The van der Waals surface area contributed by atoms with Crippen molar-refractivity contribution in [1.29, 1.82) is 0 Å². The van der Waals surface area contributed by atoms with Gasteiger partial charge in [-0.2, -0.15) is 0 Å². The SMILES string of the molecule is CCCCn1c(SCC(=O)NC(Cc2ccccc2)C(C)=O)nnc1-c1ccc(OC)cc1. The molecule has 0 spiro atoms.